The molecule has 1 saturated carbocycles. The quantitative estimate of drug-likeness (QED) is 0.713. The first-order valence-electron chi connectivity index (χ1n) is 12.3. The Kier molecular flexibility index (Phi) is 6.03. The summed E-state index contributed by atoms with van der Waals surface area (Å²) in [4.78, 5) is 5.64. The fourth-order valence-corrected chi connectivity index (χ4v) is 6.96. The highest BCUT2D eigenvalue weighted by Gasteiger charge is 2.41. The summed E-state index contributed by atoms with van der Waals surface area (Å²) in [5, 5.41) is 0. The minimum absolute atomic E-state index is 0.546. The molecular weight excluding hydrogens is 348 g/mol. The van der Waals surface area contributed by atoms with E-state index in [-0.39, 0.29) is 0 Å². The highest BCUT2D eigenvalue weighted by Crippen LogP contribution is 2.42. The predicted molar refractivity (Wildman–Crippen MR) is 113 cm³/mol. The highest BCUT2D eigenvalue weighted by molar-refractivity contribution is 4.92. The first-order chi connectivity index (χ1) is 13.7. The van der Waals surface area contributed by atoms with E-state index in [1.165, 1.54) is 103 Å². The van der Waals surface area contributed by atoms with E-state index in [0.29, 0.717) is 10.8 Å². The van der Waals surface area contributed by atoms with E-state index in [2.05, 4.69) is 9.80 Å². The summed E-state index contributed by atoms with van der Waals surface area (Å²) in [7, 11) is 0. The van der Waals surface area contributed by atoms with E-state index in [4.69, 9.17) is 9.47 Å². The van der Waals surface area contributed by atoms with Gasteiger partial charge in [0.05, 0.1) is 13.2 Å². The van der Waals surface area contributed by atoms with Crippen molar-refractivity contribution in [3.63, 3.8) is 0 Å². The summed E-state index contributed by atoms with van der Waals surface area (Å²) in [5.74, 6) is 1.88. The molecule has 4 nitrogen and oxygen atoms in total. The Labute approximate surface area is 172 Å². The molecular formula is C24H42N2O2. The number of ether oxygens (including phenoxy) is 2. The minimum atomic E-state index is 0.546. The summed E-state index contributed by atoms with van der Waals surface area (Å²) >= 11 is 0. The van der Waals surface area contributed by atoms with Gasteiger partial charge >= 0.3 is 0 Å². The van der Waals surface area contributed by atoms with Crippen molar-refractivity contribution in [3.8, 4) is 0 Å². The molecule has 0 aromatic rings. The summed E-state index contributed by atoms with van der Waals surface area (Å²) in [6, 6.07) is 0. The molecule has 4 heterocycles. The summed E-state index contributed by atoms with van der Waals surface area (Å²) in [6.07, 6.45) is 14.0. The van der Waals surface area contributed by atoms with E-state index in [0.717, 1.165) is 38.3 Å². The van der Waals surface area contributed by atoms with Gasteiger partial charge in [0.15, 0.2) is 0 Å². The van der Waals surface area contributed by atoms with Gasteiger partial charge in [0.2, 0.25) is 0 Å². The summed E-state index contributed by atoms with van der Waals surface area (Å²) in [6.45, 7) is 12.0. The lowest BCUT2D eigenvalue weighted by Crippen LogP contribution is -2.47. The highest BCUT2D eigenvalue weighted by atomic mass is 16.5. The molecule has 0 amide bonds. The van der Waals surface area contributed by atoms with Crippen LogP contribution in [0.15, 0.2) is 0 Å². The van der Waals surface area contributed by atoms with E-state index in [1.54, 1.807) is 0 Å². The maximum absolute atomic E-state index is 5.74. The molecule has 0 atom stereocenters. The van der Waals surface area contributed by atoms with Crippen molar-refractivity contribution in [3.05, 3.63) is 0 Å². The molecule has 5 aliphatic rings. The van der Waals surface area contributed by atoms with Crippen molar-refractivity contribution < 1.29 is 9.47 Å². The molecule has 160 valence electrons. The number of piperidine rings is 2. The number of hydrogen-bond acceptors (Lipinski definition) is 4. The van der Waals surface area contributed by atoms with Gasteiger partial charge < -0.3 is 19.3 Å². The third-order valence-corrected chi connectivity index (χ3v) is 9.26. The maximum atomic E-state index is 5.74. The van der Waals surface area contributed by atoms with Crippen LogP contribution in [0.5, 0.6) is 0 Å². The van der Waals surface area contributed by atoms with Crippen molar-refractivity contribution in [2.24, 2.45) is 22.7 Å². The maximum Gasteiger partial charge on any atom is 0.0524 e. The largest absolute Gasteiger partial charge is 0.381 e. The Balaban J connectivity index is 1.15. The van der Waals surface area contributed by atoms with Gasteiger partial charge in [-0.2, -0.15) is 0 Å². The Morgan fingerprint density at radius 1 is 0.679 bits per heavy atom. The molecule has 1 aliphatic carbocycles. The van der Waals surface area contributed by atoms with E-state index in [9.17, 15) is 0 Å². The molecule has 28 heavy (non-hydrogen) atoms. The lowest BCUT2D eigenvalue weighted by molar-refractivity contribution is 0.0420. The lowest BCUT2D eigenvalue weighted by atomic mass is 9.77. The molecule has 4 aliphatic heterocycles. The molecule has 4 saturated heterocycles. The standard InChI is InChI=1S/C24H42N2O2/c1-2-4-21(3-1)22(17-25-11-5-23(6-12-25)9-15-27-19-23)18-26-13-7-24(8-14-26)10-16-28-20-24/h21-22H,1-20H2. The third-order valence-electron chi connectivity index (χ3n) is 9.26. The average Bonchev–Trinajstić information content (AvgIpc) is 3.48. The van der Waals surface area contributed by atoms with Crippen LogP contribution in [0.3, 0.4) is 0 Å². The summed E-state index contributed by atoms with van der Waals surface area (Å²) in [5.41, 5.74) is 1.09. The first kappa shape index (κ1) is 19.8. The van der Waals surface area contributed by atoms with E-state index in [1.807, 2.05) is 0 Å². The second-order valence-corrected chi connectivity index (χ2v) is 11.0. The van der Waals surface area contributed by atoms with Crippen molar-refractivity contribution in [2.45, 2.75) is 64.2 Å². The van der Waals surface area contributed by atoms with E-state index < -0.39 is 0 Å². The van der Waals surface area contributed by atoms with Crippen LogP contribution in [0.1, 0.15) is 64.2 Å². The van der Waals surface area contributed by atoms with Crippen molar-refractivity contribution in [1.29, 1.82) is 0 Å². The topological polar surface area (TPSA) is 24.9 Å². The normalized spacial score (nSPS) is 31.6. The Morgan fingerprint density at radius 3 is 1.54 bits per heavy atom. The van der Waals surface area contributed by atoms with Gasteiger partial charge in [-0.25, -0.2) is 0 Å². The molecule has 5 rings (SSSR count). The predicted octanol–water partition coefficient (Wildman–Crippen LogP) is 3.80. The monoisotopic (exact) mass is 390 g/mol. The van der Waals surface area contributed by atoms with Crippen LogP contribution >= 0.6 is 0 Å². The van der Waals surface area contributed by atoms with Gasteiger partial charge in [-0.3, -0.25) is 0 Å². The number of rotatable bonds is 5. The van der Waals surface area contributed by atoms with Crippen LogP contribution in [-0.4, -0.2) is 75.5 Å². The van der Waals surface area contributed by atoms with Crippen LogP contribution in [0.4, 0.5) is 0 Å². The average molecular weight is 391 g/mol. The van der Waals surface area contributed by atoms with Gasteiger partial charge in [0.1, 0.15) is 0 Å². The molecule has 0 aromatic carbocycles. The van der Waals surface area contributed by atoms with Crippen molar-refractivity contribution in [2.75, 3.05) is 65.7 Å². The van der Waals surface area contributed by atoms with Crippen LogP contribution in [-0.2, 0) is 9.47 Å². The van der Waals surface area contributed by atoms with Crippen LogP contribution in [0.2, 0.25) is 0 Å². The van der Waals surface area contributed by atoms with Crippen LogP contribution in [0.25, 0.3) is 0 Å². The molecule has 4 heteroatoms. The number of likely N-dealkylation sites (tertiary alicyclic amines) is 2. The SMILES string of the molecule is C1CCC(C(CN2CCC3(CCOC3)CC2)CN2CCC3(CCOC3)CC2)C1. The van der Waals surface area contributed by atoms with Crippen LogP contribution in [0, 0.1) is 22.7 Å². The molecule has 2 spiro atoms. The van der Waals surface area contributed by atoms with E-state index >= 15 is 0 Å². The number of hydrogen-bond donors (Lipinski definition) is 0. The third kappa shape index (κ3) is 4.31. The fourth-order valence-electron chi connectivity index (χ4n) is 6.96. The van der Waals surface area contributed by atoms with Gasteiger partial charge in [0.25, 0.3) is 0 Å². The molecule has 0 aromatic heterocycles. The van der Waals surface area contributed by atoms with Crippen molar-refractivity contribution >= 4 is 0 Å². The Bertz CT molecular complexity index is 449. The second kappa shape index (κ2) is 8.53. The molecule has 0 N–H and O–H groups in total. The molecule has 0 radical (unpaired) electrons. The minimum Gasteiger partial charge on any atom is -0.381 e. The molecule has 0 bridgehead atoms. The Hall–Kier alpha value is -0.160. The lowest BCUT2D eigenvalue weighted by Gasteiger charge is -2.43. The van der Waals surface area contributed by atoms with Crippen LogP contribution < -0.4 is 0 Å². The van der Waals surface area contributed by atoms with Gasteiger partial charge in [0, 0.05) is 26.3 Å². The summed E-state index contributed by atoms with van der Waals surface area (Å²) < 4.78 is 11.5. The first-order valence-corrected chi connectivity index (χ1v) is 12.3. The Morgan fingerprint density at radius 2 is 1.14 bits per heavy atom. The second-order valence-electron chi connectivity index (χ2n) is 11.0. The van der Waals surface area contributed by atoms with Gasteiger partial charge in [-0.05, 0) is 87.4 Å². The zero-order chi connectivity index (χ0) is 18.9. The number of nitrogens with zero attached hydrogens (tertiary/aromatic N) is 2. The zero-order valence-electron chi connectivity index (χ0n) is 18.0. The zero-order valence-corrected chi connectivity index (χ0v) is 18.0. The van der Waals surface area contributed by atoms with Crippen molar-refractivity contribution in [1.82, 2.24) is 9.80 Å². The van der Waals surface area contributed by atoms with Gasteiger partial charge in [-0.1, -0.05) is 25.7 Å². The molecule has 0 unspecified atom stereocenters. The fraction of sp³-hybridized carbons (Fsp3) is 1.00. The van der Waals surface area contributed by atoms with Gasteiger partial charge in [-0.15, -0.1) is 0 Å². The smallest absolute Gasteiger partial charge is 0.0524 e. The molecule has 5 fully saturated rings.